The molecule has 4 heteroatoms. The van der Waals surface area contributed by atoms with Gasteiger partial charge in [-0.1, -0.05) is 0 Å². The molecule has 2 heterocycles. The number of anilines is 1. The molecule has 0 unspecified atom stereocenters. The molecule has 1 aromatic rings. The molecule has 16 heavy (non-hydrogen) atoms. The van der Waals surface area contributed by atoms with Crippen LogP contribution in [0.3, 0.4) is 0 Å². The van der Waals surface area contributed by atoms with Gasteiger partial charge >= 0.3 is 0 Å². The fourth-order valence-electron chi connectivity index (χ4n) is 2.10. The van der Waals surface area contributed by atoms with Crippen molar-refractivity contribution in [2.24, 2.45) is 0 Å². The van der Waals surface area contributed by atoms with E-state index in [1.807, 2.05) is 25.7 Å². The lowest BCUT2D eigenvalue weighted by molar-refractivity contribution is -0.00565. The Morgan fingerprint density at radius 3 is 2.56 bits per heavy atom. The van der Waals surface area contributed by atoms with Gasteiger partial charge in [0.15, 0.2) is 11.6 Å². The van der Waals surface area contributed by atoms with Crippen LogP contribution < -0.4 is 4.90 Å². The highest BCUT2D eigenvalue weighted by molar-refractivity contribution is 5.41. The van der Waals surface area contributed by atoms with Gasteiger partial charge in [0, 0.05) is 18.8 Å². The maximum absolute atomic E-state index is 13.7. The molecule has 1 aromatic heterocycles. The van der Waals surface area contributed by atoms with Crippen LogP contribution in [0.15, 0.2) is 12.1 Å². The van der Waals surface area contributed by atoms with E-state index in [1.165, 1.54) is 6.07 Å². The van der Waals surface area contributed by atoms with Gasteiger partial charge in [-0.2, -0.15) is 0 Å². The number of aryl methyl sites for hydroxylation is 1. The van der Waals surface area contributed by atoms with Crippen molar-refractivity contribution >= 4 is 5.82 Å². The second-order valence-electron chi connectivity index (χ2n) is 4.42. The largest absolute Gasteiger partial charge is 0.372 e. The van der Waals surface area contributed by atoms with Gasteiger partial charge in [-0.05, 0) is 32.9 Å². The molecule has 0 amide bonds. The predicted octanol–water partition coefficient (Wildman–Crippen LogP) is 2.14. The summed E-state index contributed by atoms with van der Waals surface area (Å²) in [6.45, 7) is 7.25. The number of hydrogen-bond donors (Lipinski definition) is 0. The van der Waals surface area contributed by atoms with Gasteiger partial charge in [0.2, 0.25) is 0 Å². The summed E-state index contributed by atoms with van der Waals surface area (Å²) in [5.41, 5.74) is 0.836. The van der Waals surface area contributed by atoms with E-state index in [2.05, 4.69) is 4.98 Å². The number of nitrogens with zero attached hydrogens (tertiary/aromatic N) is 2. The highest BCUT2D eigenvalue weighted by Gasteiger charge is 2.25. The van der Waals surface area contributed by atoms with E-state index in [4.69, 9.17) is 4.74 Å². The van der Waals surface area contributed by atoms with Crippen LogP contribution in [0.25, 0.3) is 0 Å². The number of ether oxygens (including phenoxy) is 1. The highest BCUT2D eigenvalue weighted by atomic mass is 19.1. The molecule has 1 fully saturated rings. The number of morpholine rings is 1. The van der Waals surface area contributed by atoms with Gasteiger partial charge in [0.05, 0.1) is 12.2 Å². The molecule has 3 nitrogen and oxygen atoms in total. The molecule has 0 saturated carbocycles. The molecule has 1 saturated heterocycles. The summed E-state index contributed by atoms with van der Waals surface area (Å²) < 4.78 is 19.3. The van der Waals surface area contributed by atoms with Crippen molar-refractivity contribution in [3.05, 3.63) is 23.6 Å². The molecule has 88 valence electrons. The molecule has 2 atom stereocenters. The molecule has 0 radical (unpaired) electrons. The molecular weight excluding hydrogens is 207 g/mol. The van der Waals surface area contributed by atoms with Crippen LogP contribution in [-0.4, -0.2) is 30.3 Å². The maximum Gasteiger partial charge on any atom is 0.165 e. The Morgan fingerprint density at radius 1 is 1.31 bits per heavy atom. The number of hydrogen-bond acceptors (Lipinski definition) is 3. The summed E-state index contributed by atoms with van der Waals surface area (Å²) in [6.07, 6.45) is 0.232. The number of rotatable bonds is 1. The van der Waals surface area contributed by atoms with Crippen LogP contribution in [0.4, 0.5) is 10.2 Å². The van der Waals surface area contributed by atoms with Crippen LogP contribution in [0.5, 0.6) is 0 Å². The second kappa shape index (κ2) is 4.37. The third kappa shape index (κ3) is 2.32. The Bertz CT molecular complexity index is 373. The van der Waals surface area contributed by atoms with Gasteiger partial charge in [-0.3, -0.25) is 0 Å². The normalized spacial score (nSPS) is 25.9. The molecule has 1 aliphatic heterocycles. The van der Waals surface area contributed by atoms with Crippen LogP contribution in [-0.2, 0) is 4.74 Å². The van der Waals surface area contributed by atoms with Crippen molar-refractivity contribution in [1.29, 1.82) is 0 Å². The molecule has 0 bridgehead atoms. The first-order valence-electron chi connectivity index (χ1n) is 5.60. The molecule has 0 aliphatic carbocycles. The summed E-state index contributed by atoms with van der Waals surface area (Å²) >= 11 is 0. The first-order valence-corrected chi connectivity index (χ1v) is 5.60. The smallest absolute Gasteiger partial charge is 0.165 e. The quantitative estimate of drug-likeness (QED) is 0.730. The van der Waals surface area contributed by atoms with Crippen molar-refractivity contribution in [1.82, 2.24) is 4.98 Å². The number of pyridine rings is 1. The van der Waals surface area contributed by atoms with Crippen LogP contribution in [0, 0.1) is 12.7 Å². The molecule has 2 rings (SSSR count). The minimum absolute atomic E-state index is 0.116. The molecular formula is C12H17FN2O. The van der Waals surface area contributed by atoms with E-state index in [0.717, 1.165) is 5.69 Å². The Balaban J connectivity index is 2.25. The third-order valence-electron chi connectivity index (χ3n) is 2.69. The third-order valence-corrected chi connectivity index (χ3v) is 2.69. The lowest BCUT2D eigenvalue weighted by Crippen LogP contribution is -2.46. The Labute approximate surface area is 95.2 Å². The van der Waals surface area contributed by atoms with Gasteiger partial charge in [-0.15, -0.1) is 0 Å². The van der Waals surface area contributed by atoms with Crippen molar-refractivity contribution in [2.45, 2.75) is 33.0 Å². The lowest BCUT2D eigenvalue weighted by atomic mass is 10.2. The topological polar surface area (TPSA) is 25.4 Å². The Morgan fingerprint density at radius 2 is 1.94 bits per heavy atom. The van der Waals surface area contributed by atoms with E-state index in [1.54, 1.807) is 6.07 Å². The first-order chi connectivity index (χ1) is 7.56. The molecule has 0 spiro atoms. The lowest BCUT2D eigenvalue weighted by Gasteiger charge is -2.36. The van der Waals surface area contributed by atoms with E-state index in [-0.39, 0.29) is 18.0 Å². The van der Waals surface area contributed by atoms with Gasteiger partial charge < -0.3 is 9.64 Å². The minimum atomic E-state index is -0.257. The van der Waals surface area contributed by atoms with Crippen molar-refractivity contribution in [3.63, 3.8) is 0 Å². The molecule has 1 aliphatic rings. The van der Waals surface area contributed by atoms with Crippen LogP contribution in [0.1, 0.15) is 19.5 Å². The van der Waals surface area contributed by atoms with Crippen LogP contribution >= 0.6 is 0 Å². The van der Waals surface area contributed by atoms with Gasteiger partial charge in [0.1, 0.15) is 0 Å². The van der Waals surface area contributed by atoms with Crippen LogP contribution in [0.2, 0.25) is 0 Å². The Hall–Kier alpha value is -1.16. The van der Waals surface area contributed by atoms with Crippen molar-refractivity contribution in [2.75, 3.05) is 18.0 Å². The zero-order valence-electron chi connectivity index (χ0n) is 9.90. The number of halogens is 1. The monoisotopic (exact) mass is 224 g/mol. The fourth-order valence-corrected chi connectivity index (χ4v) is 2.10. The second-order valence-corrected chi connectivity index (χ2v) is 4.42. The van der Waals surface area contributed by atoms with E-state index < -0.39 is 0 Å². The molecule has 0 N–H and O–H groups in total. The predicted molar refractivity (Wildman–Crippen MR) is 61.2 cm³/mol. The van der Waals surface area contributed by atoms with Gasteiger partial charge in [0.25, 0.3) is 0 Å². The van der Waals surface area contributed by atoms with E-state index >= 15 is 0 Å². The first kappa shape index (κ1) is 11.3. The van der Waals surface area contributed by atoms with Crippen molar-refractivity contribution < 1.29 is 9.13 Å². The van der Waals surface area contributed by atoms with E-state index in [0.29, 0.717) is 18.9 Å². The molecule has 0 aromatic carbocycles. The SMILES string of the molecule is Cc1ccc(F)c(N2C[C@@H](C)O[C@@H](C)C2)n1. The summed E-state index contributed by atoms with van der Waals surface area (Å²) in [5, 5.41) is 0. The zero-order chi connectivity index (χ0) is 11.7. The maximum atomic E-state index is 13.7. The highest BCUT2D eigenvalue weighted by Crippen LogP contribution is 2.21. The average Bonchev–Trinajstić information content (AvgIpc) is 2.20. The summed E-state index contributed by atoms with van der Waals surface area (Å²) in [6, 6.07) is 3.16. The Kier molecular flexibility index (Phi) is 3.10. The average molecular weight is 224 g/mol. The number of aromatic nitrogens is 1. The minimum Gasteiger partial charge on any atom is -0.372 e. The van der Waals surface area contributed by atoms with Gasteiger partial charge in [-0.25, -0.2) is 9.37 Å². The van der Waals surface area contributed by atoms with Crippen molar-refractivity contribution in [3.8, 4) is 0 Å². The summed E-state index contributed by atoms with van der Waals surface area (Å²) in [4.78, 5) is 6.22. The summed E-state index contributed by atoms with van der Waals surface area (Å²) in [5.74, 6) is 0.189. The zero-order valence-corrected chi connectivity index (χ0v) is 9.90. The summed E-state index contributed by atoms with van der Waals surface area (Å²) in [7, 11) is 0. The standard InChI is InChI=1S/C12H17FN2O/c1-8-4-5-11(13)12(14-8)15-6-9(2)16-10(3)7-15/h4-5,9-10H,6-7H2,1-3H3/t9-,10+. The van der Waals surface area contributed by atoms with E-state index in [9.17, 15) is 4.39 Å². The fraction of sp³-hybridized carbons (Fsp3) is 0.583.